The molecule has 0 spiro atoms. The van der Waals surface area contributed by atoms with Crippen LogP contribution in [-0.4, -0.2) is 27.7 Å². The Kier molecular flexibility index (Phi) is 3.88. The van der Waals surface area contributed by atoms with E-state index in [1.54, 1.807) is 12.4 Å². The standard InChI is InChI=1S/C12H12N2O3S/c1-2-3-17-9-4-8(5-13-6-9)11-14-10(7-18-11)12(15)16/h4-7H,2-3H2,1H3,(H,15,16). The van der Waals surface area contributed by atoms with E-state index in [1.807, 2.05) is 13.0 Å². The number of hydrogen-bond donors (Lipinski definition) is 1. The van der Waals surface area contributed by atoms with E-state index < -0.39 is 5.97 Å². The van der Waals surface area contributed by atoms with Crippen molar-refractivity contribution in [1.29, 1.82) is 0 Å². The monoisotopic (exact) mass is 264 g/mol. The number of thiazole rings is 1. The molecule has 0 aliphatic heterocycles. The van der Waals surface area contributed by atoms with Crippen LogP contribution < -0.4 is 4.74 Å². The highest BCUT2D eigenvalue weighted by atomic mass is 32.1. The first-order valence-corrected chi connectivity index (χ1v) is 6.35. The van der Waals surface area contributed by atoms with Crippen LogP contribution in [0.3, 0.4) is 0 Å². The number of carbonyl (C=O) groups is 1. The lowest BCUT2D eigenvalue weighted by Gasteiger charge is -2.04. The highest BCUT2D eigenvalue weighted by Gasteiger charge is 2.10. The molecule has 0 saturated heterocycles. The fourth-order valence-corrected chi connectivity index (χ4v) is 2.11. The van der Waals surface area contributed by atoms with Gasteiger partial charge in [-0.3, -0.25) is 4.98 Å². The number of aromatic carboxylic acids is 1. The van der Waals surface area contributed by atoms with Gasteiger partial charge in [0.15, 0.2) is 5.69 Å². The Morgan fingerprint density at radius 2 is 2.33 bits per heavy atom. The second-order valence-electron chi connectivity index (χ2n) is 3.60. The number of carboxylic acid groups (broad SMARTS) is 1. The number of ether oxygens (including phenoxy) is 1. The number of rotatable bonds is 5. The Hall–Kier alpha value is -1.95. The maximum Gasteiger partial charge on any atom is 0.355 e. The largest absolute Gasteiger partial charge is 0.492 e. The number of hydrogen-bond acceptors (Lipinski definition) is 5. The van der Waals surface area contributed by atoms with Crippen molar-refractivity contribution in [3.63, 3.8) is 0 Å². The van der Waals surface area contributed by atoms with Crippen molar-refractivity contribution >= 4 is 17.3 Å². The van der Waals surface area contributed by atoms with Gasteiger partial charge in [-0.2, -0.15) is 0 Å². The molecule has 0 amide bonds. The van der Waals surface area contributed by atoms with E-state index in [-0.39, 0.29) is 5.69 Å². The number of pyridine rings is 1. The zero-order chi connectivity index (χ0) is 13.0. The fraction of sp³-hybridized carbons (Fsp3) is 0.250. The minimum atomic E-state index is -1.02. The van der Waals surface area contributed by atoms with Crippen LogP contribution in [0.15, 0.2) is 23.8 Å². The maximum absolute atomic E-state index is 10.8. The summed E-state index contributed by atoms with van der Waals surface area (Å²) in [6.45, 7) is 2.65. The molecule has 0 aromatic carbocycles. The van der Waals surface area contributed by atoms with Crippen molar-refractivity contribution in [3.05, 3.63) is 29.5 Å². The molecular formula is C12H12N2O3S. The van der Waals surface area contributed by atoms with E-state index in [4.69, 9.17) is 9.84 Å². The molecule has 0 bridgehead atoms. The van der Waals surface area contributed by atoms with E-state index in [1.165, 1.54) is 16.7 Å². The van der Waals surface area contributed by atoms with Gasteiger partial charge < -0.3 is 9.84 Å². The van der Waals surface area contributed by atoms with Crippen molar-refractivity contribution < 1.29 is 14.6 Å². The molecule has 0 atom stereocenters. The normalized spacial score (nSPS) is 10.3. The van der Waals surface area contributed by atoms with Gasteiger partial charge in [-0.05, 0) is 12.5 Å². The third-order valence-electron chi connectivity index (χ3n) is 2.16. The topological polar surface area (TPSA) is 72.3 Å². The average molecular weight is 264 g/mol. The molecule has 2 aromatic heterocycles. The predicted octanol–water partition coefficient (Wildman–Crippen LogP) is 2.69. The van der Waals surface area contributed by atoms with E-state index in [0.29, 0.717) is 17.4 Å². The van der Waals surface area contributed by atoms with Gasteiger partial charge in [-0.15, -0.1) is 11.3 Å². The molecule has 2 heterocycles. The molecule has 0 aliphatic carbocycles. The first-order chi connectivity index (χ1) is 8.70. The summed E-state index contributed by atoms with van der Waals surface area (Å²) in [6, 6.07) is 1.81. The van der Waals surface area contributed by atoms with Gasteiger partial charge in [0.1, 0.15) is 10.8 Å². The van der Waals surface area contributed by atoms with Crippen molar-refractivity contribution in [2.24, 2.45) is 0 Å². The van der Waals surface area contributed by atoms with Gasteiger partial charge in [-0.1, -0.05) is 6.92 Å². The molecule has 0 aliphatic rings. The van der Waals surface area contributed by atoms with Crippen LogP contribution in [0, 0.1) is 0 Å². The summed E-state index contributed by atoms with van der Waals surface area (Å²) >= 11 is 1.28. The summed E-state index contributed by atoms with van der Waals surface area (Å²) in [4.78, 5) is 18.8. The van der Waals surface area contributed by atoms with Crippen LogP contribution >= 0.6 is 11.3 Å². The molecule has 0 fully saturated rings. The van der Waals surface area contributed by atoms with Gasteiger partial charge in [0.05, 0.1) is 12.8 Å². The second-order valence-corrected chi connectivity index (χ2v) is 4.46. The van der Waals surface area contributed by atoms with E-state index in [9.17, 15) is 4.79 Å². The van der Waals surface area contributed by atoms with Crippen LogP contribution in [0.5, 0.6) is 5.75 Å². The third kappa shape index (κ3) is 2.84. The first-order valence-electron chi connectivity index (χ1n) is 5.47. The first kappa shape index (κ1) is 12.5. The van der Waals surface area contributed by atoms with Gasteiger partial charge in [0, 0.05) is 17.1 Å². The van der Waals surface area contributed by atoms with Crippen LogP contribution in [-0.2, 0) is 0 Å². The van der Waals surface area contributed by atoms with Crippen LogP contribution in [0.2, 0.25) is 0 Å². The average Bonchev–Trinajstić information content (AvgIpc) is 2.86. The van der Waals surface area contributed by atoms with Crippen LogP contribution in [0.1, 0.15) is 23.8 Å². The lowest BCUT2D eigenvalue weighted by Crippen LogP contribution is -1.97. The molecule has 0 saturated carbocycles. The lowest BCUT2D eigenvalue weighted by atomic mass is 10.3. The Labute approximate surface area is 108 Å². The lowest BCUT2D eigenvalue weighted by molar-refractivity contribution is 0.0691. The summed E-state index contributed by atoms with van der Waals surface area (Å²) in [5.74, 6) is -0.356. The predicted molar refractivity (Wildman–Crippen MR) is 68.1 cm³/mol. The molecule has 18 heavy (non-hydrogen) atoms. The van der Waals surface area contributed by atoms with Crippen LogP contribution in [0.25, 0.3) is 10.6 Å². The summed E-state index contributed by atoms with van der Waals surface area (Å²) in [6.07, 6.45) is 4.19. The molecule has 1 N–H and O–H groups in total. The van der Waals surface area contributed by atoms with Crippen molar-refractivity contribution in [2.45, 2.75) is 13.3 Å². The molecule has 6 heteroatoms. The highest BCUT2D eigenvalue weighted by Crippen LogP contribution is 2.26. The Morgan fingerprint density at radius 1 is 1.50 bits per heavy atom. The zero-order valence-electron chi connectivity index (χ0n) is 9.79. The molecule has 2 rings (SSSR count). The van der Waals surface area contributed by atoms with E-state index >= 15 is 0 Å². The zero-order valence-corrected chi connectivity index (χ0v) is 10.6. The highest BCUT2D eigenvalue weighted by molar-refractivity contribution is 7.13. The third-order valence-corrected chi connectivity index (χ3v) is 3.05. The Balaban J connectivity index is 2.23. The molecule has 94 valence electrons. The number of nitrogens with zero attached hydrogens (tertiary/aromatic N) is 2. The van der Waals surface area contributed by atoms with Gasteiger partial charge >= 0.3 is 5.97 Å². The van der Waals surface area contributed by atoms with Gasteiger partial charge in [0.2, 0.25) is 0 Å². The summed E-state index contributed by atoms with van der Waals surface area (Å²) < 4.78 is 5.47. The Morgan fingerprint density at radius 3 is 3.00 bits per heavy atom. The van der Waals surface area contributed by atoms with E-state index in [0.717, 1.165) is 12.0 Å². The van der Waals surface area contributed by atoms with Crippen molar-refractivity contribution in [3.8, 4) is 16.3 Å². The van der Waals surface area contributed by atoms with E-state index in [2.05, 4.69) is 9.97 Å². The van der Waals surface area contributed by atoms with Crippen molar-refractivity contribution in [1.82, 2.24) is 9.97 Å². The SMILES string of the molecule is CCCOc1cncc(-c2nc(C(=O)O)cs2)c1. The quantitative estimate of drug-likeness (QED) is 0.898. The fourth-order valence-electron chi connectivity index (χ4n) is 1.34. The Bertz CT molecular complexity index is 554. The smallest absolute Gasteiger partial charge is 0.355 e. The molecule has 2 aromatic rings. The maximum atomic E-state index is 10.8. The van der Waals surface area contributed by atoms with Crippen LogP contribution in [0.4, 0.5) is 0 Å². The van der Waals surface area contributed by atoms with Crippen molar-refractivity contribution in [2.75, 3.05) is 6.61 Å². The second kappa shape index (κ2) is 5.59. The molecular weight excluding hydrogens is 252 g/mol. The van der Waals surface area contributed by atoms with Gasteiger partial charge in [0.25, 0.3) is 0 Å². The number of carboxylic acids is 1. The molecule has 0 radical (unpaired) electrons. The molecule has 5 nitrogen and oxygen atoms in total. The van der Waals surface area contributed by atoms with Gasteiger partial charge in [-0.25, -0.2) is 9.78 Å². The summed E-state index contributed by atoms with van der Waals surface area (Å²) in [7, 11) is 0. The minimum Gasteiger partial charge on any atom is -0.492 e. The summed E-state index contributed by atoms with van der Waals surface area (Å²) in [5, 5.41) is 11.0. The molecule has 0 unspecified atom stereocenters. The minimum absolute atomic E-state index is 0.0508. The number of aromatic nitrogens is 2. The summed E-state index contributed by atoms with van der Waals surface area (Å²) in [5.41, 5.74) is 0.816.